The highest BCUT2D eigenvalue weighted by atomic mass is 35.5. The molecule has 0 aliphatic heterocycles. The van der Waals surface area contributed by atoms with Crippen molar-refractivity contribution in [3.05, 3.63) is 87.7 Å². The maximum atomic E-state index is 13.2. The first-order valence-electron chi connectivity index (χ1n) is 10.8. The highest BCUT2D eigenvalue weighted by molar-refractivity contribution is 6.39. The second-order valence-electron chi connectivity index (χ2n) is 7.64. The Morgan fingerprint density at radius 3 is 2.54 bits per heavy atom. The zero-order valence-corrected chi connectivity index (χ0v) is 20.3. The molecule has 0 fully saturated rings. The zero-order chi connectivity index (χ0) is 25.4. The summed E-state index contributed by atoms with van der Waals surface area (Å²) in [5.74, 6) is -1.24. The van der Waals surface area contributed by atoms with Gasteiger partial charge in [0, 0.05) is 11.3 Å². The summed E-state index contributed by atoms with van der Waals surface area (Å²) in [6.07, 6.45) is 1.38. The van der Waals surface area contributed by atoms with Crippen LogP contribution < -0.4 is 20.2 Å². The smallest absolute Gasteiger partial charge is 0.329 e. The van der Waals surface area contributed by atoms with Crippen molar-refractivity contribution in [3.8, 4) is 11.5 Å². The van der Waals surface area contributed by atoms with Crippen LogP contribution in [0.5, 0.6) is 11.5 Å². The lowest BCUT2D eigenvalue weighted by Crippen LogP contribution is -2.32. The molecule has 0 spiro atoms. The Balaban J connectivity index is 1.62. The fourth-order valence-electron chi connectivity index (χ4n) is 3.05. The molecule has 0 heterocycles. The number of hydrazone groups is 1. The lowest BCUT2D eigenvalue weighted by Gasteiger charge is -2.13. The van der Waals surface area contributed by atoms with Crippen LogP contribution in [0.15, 0.2) is 59.7 Å². The van der Waals surface area contributed by atoms with Crippen LogP contribution in [0.1, 0.15) is 29.2 Å². The Kier molecular flexibility index (Phi) is 8.80. The number of benzene rings is 3. The van der Waals surface area contributed by atoms with E-state index in [1.807, 2.05) is 32.9 Å². The first-order chi connectivity index (χ1) is 16.8. The second-order valence-corrected chi connectivity index (χ2v) is 8.04. The molecule has 3 rings (SSSR count). The first-order valence-corrected chi connectivity index (χ1v) is 11.2. The Morgan fingerprint density at radius 1 is 1.00 bits per heavy atom. The average molecular weight is 498 g/mol. The van der Waals surface area contributed by atoms with Crippen molar-refractivity contribution >= 4 is 35.3 Å². The lowest BCUT2D eigenvalue weighted by atomic mass is 10.1. The summed E-state index contributed by atoms with van der Waals surface area (Å²) >= 11 is 6.06. The molecule has 0 aromatic heterocycles. The van der Waals surface area contributed by atoms with Gasteiger partial charge < -0.3 is 14.8 Å². The summed E-state index contributed by atoms with van der Waals surface area (Å²) in [6, 6.07) is 14.7. The quantitative estimate of drug-likeness (QED) is 0.255. The third-order valence-corrected chi connectivity index (χ3v) is 5.24. The van der Waals surface area contributed by atoms with Crippen molar-refractivity contribution in [2.75, 3.05) is 11.9 Å². The normalized spacial score (nSPS) is 10.8. The molecule has 182 valence electrons. The maximum absolute atomic E-state index is 13.2. The van der Waals surface area contributed by atoms with E-state index in [4.69, 9.17) is 21.1 Å². The summed E-state index contributed by atoms with van der Waals surface area (Å²) < 4.78 is 24.7. The fraction of sp³-hybridized carbons (Fsp3) is 0.192. The lowest BCUT2D eigenvalue weighted by molar-refractivity contribution is -0.136. The maximum Gasteiger partial charge on any atom is 0.329 e. The third-order valence-electron chi connectivity index (χ3n) is 4.89. The first kappa shape index (κ1) is 25.7. The van der Waals surface area contributed by atoms with Crippen molar-refractivity contribution in [2.45, 2.75) is 27.4 Å². The number of ether oxygens (including phenoxy) is 2. The molecule has 9 heteroatoms. The number of anilines is 1. The van der Waals surface area contributed by atoms with Crippen LogP contribution in [0.25, 0.3) is 0 Å². The van der Waals surface area contributed by atoms with E-state index in [0.717, 1.165) is 11.1 Å². The topological polar surface area (TPSA) is 89.0 Å². The minimum Gasteiger partial charge on any atom is -0.490 e. The van der Waals surface area contributed by atoms with Gasteiger partial charge in [0.2, 0.25) is 0 Å². The van der Waals surface area contributed by atoms with E-state index in [-0.39, 0.29) is 11.6 Å². The summed E-state index contributed by atoms with van der Waals surface area (Å²) in [4.78, 5) is 24.3. The molecule has 0 unspecified atom stereocenters. The van der Waals surface area contributed by atoms with Gasteiger partial charge in [-0.1, -0.05) is 29.8 Å². The summed E-state index contributed by atoms with van der Waals surface area (Å²) in [5, 5.41) is 6.70. The molecular formula is C26H25ClFN3O4. The van der Waals surface area contributed by atoms with Crippen LogP contribution in [0.4, 0.5) is 10.1 Å². The van der Waals surface area contributed by atoms with Gasteiger partial charge in [-0.15, -0.1) is 0 Å². The van der Waals surface area contributed by atoms with Crippen LogP contribution in [0.2, 0.25) is 5.02 Å². The minimum atomic E-state index is -0.900. The molecule has 35 heavy (non-hydrogen) atoms. The molecule has 0 aliphatic rings. The van der Waals surface area contributed by atoms with E-state index in [1.165, 1.54) is 18.3 Å². The number of carbonyl (C=O) groups excluding carboxylic acids is 2. The Labute approximate surface area is 207 Å². The highest BCUT2D eigenvalue weighted by Crippen LogP contribution is 2.30. The molecular weight excluding hydrogens is 473 g/mol. The Morgan fingerprint density at radius 2 is 1.80 bits per heavy atom. The van der Waals surface area contributed by atoms with E-state index in [9.17, 15) is 14.0 Å². The van der Waals surface area contributed by atoms with Gasteiger partial charge in [0.1, 0.15) is 12.4 Å². The van der Waals surface area contributed by atoms with E-state index < -0.39 is 17.6 Å². The van der Waals surface area contributed by atoms with Gasteiger partial charge in [0.05, 0.1) is 17.8 Å². The molecule has 0 atom stereocenters. The molecule has 2 amide bonds. The largest absolute Gasteiger partial charge is 0.490 e. The molecule has 7 nitrogen and oxygen atoms in total. The predicted octanol–water partition coefficient (Wildman–Crippen LogP) is 5.16. The van der Waals surface area contributed by atoms with E-state index >= 15 is 0 Å². The van der Waals surface area contributed by atoms with Crippen molar-refractivity contribution in [1.29, 1.82) is 0 Å². The summed E-state index contributed by atoms with van der Waals surface area (Å²) in [6.45, 7) is 6.07. The fourth-order valence-corrected chi connectivity index (χ4v) is 3.27. The van der Waals surface area contributed by atoms with Crippen molar-refractivity contribution in [1.82, 2.24) is 5.43 Å². The molecule has 0 saturated heterocycles. The molecule has 0 saturated carbocycles. The van der Waals surface area contributed by atoms with Crippen LogP contribution >= 0.6 is 11.6 Å². The summed E-state index contributed by atoms with van der Waals surface area (Å²) in [5.41, 5.74) is 5.81. The standard InChI is InChI=1S/C26H25ClFN3O4/c1-4-34-24-12-18(7-10-23(24)35-15-19-8-9-20(28)13-21(19)27)14-29-31-26(33)25(32)30-22-11-16(2)5-6-17(22)3/h5-14H,4,15H2,1-3H3,(H,30,32)(H,31,33)/b29-14+. The van der Waals surface area contributed by atoms with Crippen molar-refractivity contribution in [3.63, 3.8) is 0 Å². The van der Waals surface area contributed by atoms with Gasteiger partial charge in [-0.2, -0.15) is 5.10 Å². The SMILES string of the molecule is CCOc1cc(/C=N/NC(=O)C(=O)Nc2cc(C)ccc2C)ccc1OCc1ccc(F)cc1Cl. The van der Waals surface area contributed by atoms with Gasteiger partial charge in [-0.25, -0.2) is 9.82 Å². The number of amides is 2. The van der Waals surface area contributed by atoms with Crippen LogP contribution in [-0.4, -0.2) is 24.6 Å². The number of aryl methyl sites for hydroxylation is 2. The molecule has 0 bridgehead atoms. The van der Waals surface area contributed by atoms with Crippen molar-refractivity contribution in [2.24, 2.45) is 5.10 Å². The monoisotopic (exact) mass is 497 g/mol. The average Bonchev–Trinajstić information content (AvgIpc) is 2.82. The number of rotatable bonds is 8. The Hall–Kier alpha value is -3.91. The predicted molar refractivity (Wildman–Crippen MR) is 134 cm³/mol. The molecule has 3 aromatic rings. The third kappa shape index (κ3) is 7.28. The van der Waals surface area contributed by atoms with Gasteiger partial charge in [-0.3, -0.25) is 9.59 Å². The van der Waals surface area contributed by atoms with Crippen LogP contribution in [0.3, 0.4) is 0 Å². The van der Waals surface area contributed by atoms with Crippen LogP contribution in [0, 0.1) is 19.7 Å². The number of hydrogen-bond donors (Lipinski definition) is 2. The van der Waals surface area contributed by atoms with Crippen molar-refractivity contribution < 1.29 is 23.5 Å². The zero-order valence-electron chi connectivity index (χ0n) is 19.5. The van der Waals surface area contributed by atoms with Crippen LogP contribution in [-0.2, 0) is 16.2 Å². The van der Waals surface area contributed by atoms with Gasteiger partial charge >= 0.3 is 11.8 Å². The summed E-state index contributed by atoms with van der Waals surface area (Å²) in [7, 11) is 0. The second kappa shape index (κ2) is 12.0. The van der Waals surface area contributed by atoms with Gasteiger partial charge in [0.15, 0.2) is 11.5 Å². The van der Waals surface area contributed by atoms with E-state index in [0.29, 0.717) is 34.9 Å². The van der Waals surface area contributed by atoms with E-state index in [1.54, 1.807) is 30.3 Å². The van der Waals surface area contributed by atoms with Gasteiger partial charge in [-0.05, 0) is 73.9 Å². The number of carbonyl (C=O) groups is 2. The number of nitrogens with zero attached hydrogens (tertiary/aromatic N) is 1. The number of hydrogen-bond acceptors (Lipinski definition) is 5. The van der Waals surface area contributed by atoms with E-state index in [2.05, 4.69) is 15.8 Å². The molecule has 0 radical (unpaired) electrons. The Bertz CT molecular complexity index is 1260. The number of nitrogens with one attached hydrogen (secondary N) is 2. The highest BCUT2D eigenvalue weighted by Gasteiger charge is 2.14. The molecule has 0 aliphatic carbocycles. The molecule has 2 N–H and O–H groups in total. The number of halogens is 2. The minimum absolute atomic E-state index is 0.123. The molecule has 3 aromatic carbocycles. The van der Waals surface area contributed by atoms with Gasteiger partial charge in [0.25, 0.3) is 0 Å².